The van der Waals surface area contributed by atoms with E-state index in [4.69, 9.17) is 23.2 Å². The summed E-state index contributed by atoms with van der Waals surface area (Å²) in [5.41, 5.74) is 2.18. The molecule has 7 nitrogen and oxygen atoms in total. The molecule has 0 aliphatic heterocycles. The summed E-state index contributed by atoms with van der Waals surface area (Å²) in [5.74, 6) is -0.254. The Bertz CT molecular complexity index is 1400. The molecule has 0 aliphatic rings. The molecule has 3 rings (SSSR count). The average molecular weight is 619 g/mol. The summed E-state index contributed by atoms with van der Waals surface area (Å²) in [5, 5.41) is 4.03. The van der Waals surface area contributed by atoms with Gasteiger partial charge in [0.15, 0.2) is 0 Å². The van der Waals surface area contributed by atoms with E-state index in [0.717, 1.165) is 17.4 Å². The Kier molecular flexibility index (Phi) is 12.1. The van der Waals surface area contributed by atoms with Crippen LogP contribution in [-0.2, 0) is 32.6 Å². The maximum absolute atomic E-state index is 13.8. The fourth-order valence-corrected chi connectivity index (χ4v) is 5.72. The van der Waals surface area contributed by atoms with Crippen LogP contribution in [0.5, 0.6) is 0 Å². The van der Waals surface area contributed by atoms with Gasteiger partial charge in [-0.3, -0.25) is 13.9 Å². The lowest BCUT2D eigenvalue weighted by Gasteiger charge is -2.32. The van der Waals surface area contributed by atoms with Crippen molar-refractivity contribution in [3.63, 3.8) is 0 Å². The van der Waals surface area contributed by atoms with E-state index < -0.39 is 16.1 Å². The summed E-state index contributed by atoms with van der Waals surface area (Å²) < 4.78 is 26.4. The number of anilines is 1. The Morgan fingerprint density at radius 1 is 0.878 bits per heavy atom. The summed E-state index contributed by atoms with van der Waals surface area (Å²) >= 11 is 12.2. The lowest BCUT2D eigenvalue weighted by Crippen LogP contribution is -2.51. The summed E-state index contributed by atoms with van der Waals surface area (Å²) in [4.78, 5) is 29.0. The van der Waals surface area contributed by atoms with E-state index in [2.05, 4.69) is 5.32 Å². The first kappa shape index (κ1) is 32.4. The van der Waals surface area contributed by atoms with Gasteiger partial charge in [0.1, 0.15) is 6.04 Å². The van der Waals surface area contributed by atoms with Crippen molar-refractivity contribution < 1.29 is 18.0 Å². The number of carbonyl (C=O) groups is 2. The molecule has 0 saturated heterocycles. The van der Waals surface area contributed by atoms with Crippen LogP contribution in [0.1, 0.15) is 37.8 Å². The van der Waals surface area contributed by atoms with Crippen molar-refractivity contribution in [3.8, 4) is 0 Å². The van der Waals surface area contributed by atoms with E-state index in [-0.39, 0.29) is 43.7 Å². The number of amides is 2. The second-order valence-electron chi connectivity index (χ2n) is 10.4. The maximum atomic E-state index is 13.8. The highest BCUT2D eigenvalue weighted by molar-refractivity contribution is 7.92. The van der Waals surface area contributed by atoms with Gasteiger partial charge in [0.2, 0.25) is 21.8 Å². The summed E-state index contributed by atoms with van der Waals surface area (Å²) in [7, 11) is -3.60. The molecule has 0 aliphatic carbocycles. The topological polar surface area (TPSA) is 86.8 Å². The molecule has 3 aromatic carbocycles. The first-order valence-electron chi connectivity index (χ1n) is 13.5. The number of hydrogen-bond donors (Lipinski definition) is 1. The van der Waals surface area contributed by atoms with Crippen molar-refractivity contribution in [2.24, 2.45) is 5.92 Å². The summed E-state index contributed by atoms with van der Waals surface area (Å²) in [6, 6.07) is 22.5. The SMILES string of the molecule is CC(C)CNC(=O)C(Cc1ccccc1)N(Cc1cccc(Cl)c1)C(=O)CCCN(c1ccc(Cl)cc1)S(C)(=O)=O. The van der Waals surface area contributed by atoms with E-state index in [9.17, 15) is 18.0 Å². The third-order valence-corrected chi connectivity index (χ3v) is 8.15. The molecule has 1 atom stereocenters. The molecule has 0 radical (unpaired) electrons. The van der Waals surface area contributed by atoms with Gasteiger partial charge in [-0.2, -0.15) is 0 Å². The molecule has 0 spiro atoms. The second-order valence-corrected chi connectivity index (χ2v) is 13.2. The first-order chi connectivity index (χ1) is 19.4. The van der Waals surface area contributed by atoms with Crippen molar-refractivity contribution >= 4 is 50.7 Å². The maximum Gasteiger partial charge on any atom is 0.243 e. The number of nitrogens with zero attached hydrogens (tertiary/aromatic N) is 2. The van der Waals surface area contributed by atoms with E-state index in [1.54, 1.807) is 41.3 Å². The smallest absolute Gasteiger partial charge is 0.243 e. The molecule has 0 aromatic heterocycles. The van der Waals surface area contributed by atoms with Crippen molar-refractivity contribution in [1.82, 2.24) is 10.2 Å². The number of hydrogen-bond acceptors (Lipinski definition) is 4. The molecule has 0 bridgehead atoms. The lowest BCUT2D eigenvalue weighted by atomic mass is 10.0. The van der Waals surface area contributed by atoms with Crippen molar-refractivity contribution in [2.45, 2.75) is 45.7 Å². The Labute approximate surface area is 253 Å². The number of rotatable bonds is 14. The minimum atomic E-state index is -3.60. The average Bonchev–Trinajstić information content (AvgIpc) is 2.92. The van der Waals surface area contributed by atoms with Gasteiger partial charge in [-0.1, -0.05) is 79.5 Å². The standard InChI is InChI=1S/C31H37Cl2N3O4S/c1-23(2)21-34-31(38)29(20-24-9-5-4-6-10-24)35(22-25-11-7-12-27(33)19-25)30(37)13-8-18-36(41(3,39)40)28-16-14-26(32)15-17-28/h4-7,9-12,14-17,19,23,29H,8,13,18,20-22H2,1-3H3,(H,34,38). The fraction of sp³-hybridized carbons (Fsp3) is 0.355. The van der Waals surface area contributed by atoms with Crippen LogP contribution in [0.25, 0.3) is 0 Å². The van der Waals surface area contributed by atoms with Gasteiger partial charge in [-0.25, -0.2) is 8.42 Å². The molecule has 10 heteroatoms. The molecule has 2 amide bonds. The van der Waals surface area contributed by atoms with Gasteiger partial charge in [0.05, 0.1) is 11.9 Å². The minimum Gasteiger partial charge on any atom is -0.354 e. The monoisotopic (exact) mass is 617 g/mol. The van der Waals surface area contributed by atoms with E-state index in [1.807, 2.05) is 56.3 Å². The van der Waals surface area contributed by atoms with Crippen molar-refractivity contribution in [3.05, 3.63) is 100 Å². The molecule has 0 saturated carbocycles. The van der Waals surface area contributed by atoms with Crippen LogP contribution < -0.4 is 9.62 Å². The molecule has 1 unspecified atom stereocenters. The van der Waals surface area contributed by atoms with Crippen molar-refractivity contribution in [1.29, 1.82) is 0 Å². The van der Waals surface area contributed by atoms with E-state index in [1.165, 1.54) is 4.31 Å². The molecule has 0 heterocycles. The Hall–Kier alpha value is -3.07. The Morgan fingerprint density at radius 3 is 2.15 bits per heavy atom. The minimum absolute atomic E-state index is 0.0446. The normalized spacial score (nSPS) is 12.1. The number of benzene rings is 3. The van der Waals surface area contributed by atoms with E-state index >= 15 is 0 Å². The zero-order valence-electron chi connectivity index (χ0n) is 23.6. The molecular formula is C31H37Cl2N3O4S. The molecule has 3 aromatic rings. The van der Waals surface area contributed by atoms with Gasteiger partial charge in [-0.15, -0.1) is 0 Å². The van der Waals surface area contributed by atoms with Crippen LogP contribution in [0.4, 0.5) is 5.69 Å². The number of sulfonamides is 1. The zero-order valence-corrected chi connectivity index (χ0v) is 25.9. The number of nitrogens with one attached hydrogen (secondary N) is 1. The fourth-order valence-electron chi connectivity index (χ4n) is 4.42. The molecule has 1 N–H and O–H groups in total. The van der Waals surface area contributed by atoms with Gasteiger partial charge in [0.25, 0.3) is 0 Å². The number of carbonyl (C=O) groups excluding carboxylic acids is 2. The molecule has 220 valence electrons. The molecule has 41 heavy (non-hydrogen) atoms. The van der Waals surface area contributed by atoms with Crippen LogP contribution in [0.15, 0.2) is 78.9 Å². The number of halogens is 2. The predicted molar refractivity (Wildman–Crippen MR) is 167 cm³/mol. The highest BCUT2D eigenvalue weighted by Crippen LogP contribution is 2.22. The summed E-state index contributed by atoms with van der Waals surface area (Å²) in [6.45, 7) is 4.78. The van der Waals surface area contributed by atoms with Gasteiger partial charge >= 0.3 is 0 Å². The lowest BCUT2D eigenvalue weighted by molar-refractivity contribution is -0.141. The third-order valence-electron chi connectivity index (χ3n) is 6.46. The second kappa shape index (κ2) is 15.2. The Balaban J connectivity index is 1.87. The Morgan fingerprint density at radius 2 is 1.54 bits per heavy atom. The van der Waals surface area contributed by atoms with Gasteiger partial charge in [-0.05, 0) is 59.9 Å². The third kappa shape index (κ3) is 10.4. The van der Waals surface area contributed by atoms with Crippen LogP contribution in [0.2, 0.25) is 10.0 Å². The predicted octanol–water partition coefficient (Wildman–Crippen LogP) is 5.95. The van der Waals surface area contributed by atoms with Crippen LogP contribution in [-0.4, -0.2) is 50.5 Å². The summed E-state index contributed by atoms with van der Waals surface area (Å²) in [6.07, 6.45) is 1.76. The molecular weight excluding hydrogens is 581 g/mol. The van der Waals surface area contributed by atoms with Gasteiger partial charge < -0.3 is 10.2 Å². The van der Waals surface area contributed by atoms with Crippen LogP contribution >= 0.6 is 23.2 Å². The van der Waals surface area contributed by atoms with Gasteiger partial charge in [0, 0.05) is 42.5 Å². The highest BCUT2D eigenvalue weighted by atomic mass is 35.5. The first-order valence-corrected chi connectivity index (χ1v) is 16.1. The van der Waals surface area contributed by atoms with Crippen LogP contribution in [0.3, 0.4) is 0 Å². The van der Waals surface area contributed by atoms with Crippen LogP contribution in [0, 0.1) is 5.92 Å². The van der Waals surface area contributed by atoms with E-state index in [0.29, 0.717) is 28.7 Å². The molecule has 0 fully saturated rings. The highest BCUT2D eigenvalue weighted by Gasteiger charge is 2.30. The largest absolute Gasteiger partial charge is 0.354 e. The van der Waals surface area contributed by atoms with Crippen molar-refractivity contribution in [2.75, 3.05) is 23.7 Å². The quantitative estimate of drug-likeness (QED) is 0.242. The zero-order chi connectivity index (χ0) is 30.0.